The molecule has 6 nitrogen and oxygen atoms in total. The minimum Gasteiger partial charge on any atom is -0.351 e. The summed E-state index contributed by atoms with van der Waals surface area (Å²) in [6.07, 6.45) is 3.52. The number of hydrogen-bond donors (Lipinski definition) is 2. The van der Waals surface area contributed by atoms with Crippen LogP contribution in [0.1, 0.15) is 37.1 Å². The lowest BCUT2D eigenvalue weighted by Crippen LogP contribution is -2.47. The molecule has 0 aliphatic carbocycles. The van der Waals surface area contributed by atoms with E-state index in [0.29, 0.717) is 17.5 Å². The van der Waals surface area contributed by atoms with Gasteiger partial charge >= 0.3 is 0 Å². The van der Waals surface area contributed by atoms with Crippen LogP contribution in [0.4, 0.5) is 0 Å². The molecule has 0 radical (unpaired) electrons. The molecule has 1 amide bonds. The van der Waals surface area contributed by atoms with Crippen LogP contribution in [0, 0.1) is 0 Å². The predicted octanol–water partition coefficient (Wildman–Crippen LogP) is 2.34. The second-order valence-corrected chi connectivity index (χ2v) is 6.57. The maximum atomic E-state index is 12.4. The van der Waals surface area contributed by atoms with E-state index < -0.39 is 0 Å². The average molecular weight is 348 g/mol. The Kier molecular flexibility index (Phi) is 5.48. The SMILES string of the molecule is C[C@H](C(=O)NCc1ccccc1Cl)N1CCC(c2ncn[nH]2)CC1. The van der Waals surface area contributed by atoms with Crippen LogP contribution in [0.3, 0.4) is 0 Å². The Morgan fingerprint density at radius 1 is 1.42 bits per heavy atom. The number of H-pyrrole nitrogens is 1. The fraction of sp³-hybridized carbons (Fsp3) is 0.471. The maximum absolute atomic E-state index is 12.4. The number of rotatable bonds is 5. The Morgan fingerprint density at radius 2 is 2.17 bits per heavy atom. The lowest BCUT2D eigenvalue weighted by molar-refractivity contribution is -0.126. The summed E-state index contributed by atoms with van der Waals surface area (Å²) in [5.41, 5.74) is 0.934. The number of carbonyl (C=O) groups is 1. The van der Waals surface area contributed by atoms with Crippen molar-refractivity contribution in [3.8, 4) is 0 Å². The lowest BCUT2D eigenvalue weighted by atomic mass is 9.95. The molecule has 1 aromatic carbocycles. The Hall–Kier alpha value is -1.92. The maximum Gasteiger partial charge on any atom is 0.237 e. The Balaban J connectivity index is 1.49. The molecule has 2 aromatic rings. The molecule has 1 fully saturated rings. The molecule has 1 saturated heterocycles. The summed E-state index contributed by atoms with van der Waals surface area (Å²) < 4.78 is 0. The average Bonchev–Trinajstić information content (AvgIpc) is 3.15. The van der Waals surface area contributed by atoms with Gasteiger partial charge in [0.1, 0.15) is 12.2 Å². The smallest absolute Gasteiger partial charge is 0.237 e. The van der Waals surface area contributed by atoms with Crippen LogP contribution in [-0.4, -0.2) is 45.1 Å². The monoisotopic (exact) mass is 347 g/mol. The molecule has 0 bridgehead atoms. The summed E-state index contributed by atoms with van der Waals surface area (Å²) in [4.78, 5) is 18.9. The summed E-state index contributed by atoms with van der Waals surface area (Å²) in [5, 5.41) is 10.5. The van der Waals surface area contributed by atoms with Gasteiger partial charge in [-0.1, -0.05) is 29.8 Å². The summed E-state index contributed by atoms with van der Waals surface area (Å²) in [6.45, 7) is 4.17. The molecule has 0 saturated carbocycles. The summed E-state index contributed by atoms with van der Waals surface area (Å²) >= 11 is 6.13. The number of piperidine rings is 1. The first kappa shape index (κ1) is 16.9. The summed E-state index contributed by atoms with van der Waals surface area (Å²) in [5.74, 6) is 1.39. The predicted molar refractivity (Wildman–Crippen MR) is 92.7 cm³/mol. The minimum absolute atomic E-state index is 0.0352. The van der Waals surface area contributed by atoms with E-state index in [2.05, 4.69) is 25.4 Å². The highest BCUT2D eigenvalue weighted by atomic mass is 35.5. The highest BCUT2D eigenvalue weighted by Gasteiger charge is 2.28. The molecule has 1 aliphatic rings. The highest BCUT2D eigenvalue weighted by Crippen LogP contribution is 2.26. The van der Waals surface area contributed by atoms with Crippen molar-refractivity contribution < 1.29 is 4.79 Å². The zero-order valence-corrected chi connectivity index (χ0v) is 14.5. The zero-order valence-electron chi connectivity index (χ0n) is 13.7. The van der Waals surface area contributed by atoms with Crippen LogP contribution in [0.15, 0.2) is 30.6 Å². The van der Waals surface area contributed by atoms with Gasteiger partial charge in [-0.2, -0.15) is 5.10 Å². The largest absolute Gasteiger partial charge is 0.351 e. The van der Waals surface area contributed by atoms with E-state index in [9.17, 15) is 4.79 Å². The van der Waals surface area contributed by atoms with Gasteiger partial charge in [-0.25, -0.2) is 4.98 Å². The number of hydrogen-bond acceptors (Lipinski definition) is 4. The van der Waals surface area contributed by atoms with E-state index >= 15 is 0 Å². The van der Waals surface area contributed by atoms with Gasteiger partial charge < -0.3 is 5.32 Å². The molecule has 2 heterocycles. The second-order valence-electron chi connectivity index (χ2n) is 6.17. The fourth-order valence-electron chi connectivity index (χ4n) is 3.11. The van der Waals surface area contributed by atoms with Crippen LogP contribution in [0.2, 0.25) is 5.02 Å². The van der Waals surface area contributed by atoms with Crippen molar-refractivity contribution in [3.63, 3.8) is 0 Å². The molecular weight excluding hydrogens is 326 g/mol. The van der Waals surface area contributed by atoms with E-state index in [1.54, 1.807) is 6.33 Å². The number of amides is 1. The van der Waals surface area contributed by atoms with Gasteiger partial charge in [-0.15, -0.1) is 0 Å². The first-order valence-corrected chi connectivity index (χ1v) is 8.63. The molecule has 128 valence electrons. The number of nitrogens with zero attached hydrogens (tertiary/aromatic N) is 3. The van der Waals surface area contributed by atoms with Gasteiger partial charge in [0.25, 0.3) is 0 Å². The van der Waals surface area contributed by atoms with Crippen molar-refractivity contribution in [1.82, 2.24) is 25.4 Å². The molecule has 0 spiro atoms. The van der Waals surface area contributed by atoms with Crippen molar-refractivity contribution in [1.29, 1.82) is 0 Å². The first-order chi connectivity index (χ1) is 11.6. The van der Waals surface area contributed by atoms with Gasteiger partial charge in [-0.3, -0.25) is 14.8 Å². The fourth-order valence-corrected chi connectivity index (χ4v) is 3.31. The third-order valence-electron chi connectivity index (χ3n) is 4.69. The van der Waals surface area contributed by atoms with Gasteiger partial charge in [0.05, 0.1) is 6.04 Å². The highest BCUT2D eigenvalue weighted by molar-refractivity contribution is 6.31. The molecule has 3 rings (SSSR count). The molecule has 24 heavy (non-hydrogen) atoms. The normalized spacial score (nSPS) is 17.6. The van der Waals surface area contributed by atoms with Crippen molar-refractivity contribution in [3.05, 3.63) is 47.0 Å². The second kappa shape index (κ2) is 7.77. The van der Waals surface area contributed by atoms with Crippen molar-refractivity contribution in [2.24, 2.45) is 0 Å². The van der Waals surface area contributed by atoms with Gasteiger partial charge in [0.15, 0.2) is 0 Å². The molecule has 2 N–H and O–H groups in total. The van der Waals surface area contributed by atoms with Crippen LogP contribution < -0.4 is 5.32 Å². The number of benzene rings is 1. The molecule has 1 aliphatic heterocycles. The number of carbonyl (C=O) groups excluding carboxylic acids is 1. The van der Waals surface area contributed by atoms with Gasteiger partial charge in [0.2, 0.25) is 5.91 Å². The van der Waals surface area contributed by atoms with Crippen molar-refractivity contribution >= 4 is 17.5 Å². The van der Waals surface area contributed by atoms with Gasteiger partial charge in [-0.05, 0) is 44.5 Å². The molecule has 1 aromatic heterocycles. The number of nitrogens with one attached hydrogen (secondary N) is 2. The van der Waals surface area contributed by atoms with Crippen molar-refractivity contribution in [2.45, 2.75) is 38.3 Å². The minimum atomic E-state index is -0.150. The van der Waals surface area contributed by atoms with E-state index in [1.165, 1.54) is 0 Å². The van der Waals surface area contributed by atoms with E-state index in [-0.39, 0.29) is 11.9 Å². The molecule has 1 atom stereocenters. The third-order valence-corrected chi connectivity index (χ3v) is 5.06. The van der Waals surface area contributed by atoms with E-state index in [0.717, 1.165) is 37.3 Å². The number of likely N-dealkylation sites (tertiary alicyclic amines) is 1. The summed E-state index contributed by atoms with van der Waals surface area (Å²) in [6, 6.07) is 7.42. The summed E-state index contributed by atoms with van der Waals surface area (Å²) in [7, 11) is 0. The number of aromatic nitrogens is 3. The van der Waals surface area contributed by atoms with Crippen molar-refractivity contribution in [2.75, 3.05) is 13.1 Å². The first-order valence-electron chi connectivity index (χ1n) is 8.25. The Morgan fingerprint density at radius 3 is 2.83 bits per heavy atom. The standard InChI is InChI=1S/C17H22ClN5O/c1-12(17(24)19-10-14-4-2-3-5-15(14)18)23-8-6-13(7-9-23)16-20-11-21-22-16/h2-5,11-13H,6-10H2,1H3,(H,19,24)(H,20,21,22)/t12-/m1/s1. The number of halogens is 1. The Labute approximate surface area is 146 Å². The molecule has 7 heteroatoms. The molecule has 0 unspecified atom stereocenters. The van der Waals surface area contributed by atoms with Crippen LogP contribution in [0.25, 0.3) is 0 Å². The van der Waals surface area contributed by atoms with E-state index in [1.807, 2.05) is 31.2 Å². The van der Waals surface area contributed by atoms with Crippen LogP contribution in [-0.2, 0) is 11.3 Å². The quantitative estimate of drug-likeness (QED) is 0.870. The number of aromatic amines is 1. The van der Waals surface area contributed by atoms with E-state index in [4.69, 9.17) is 11.6 Å². The zero-order chi connectivity index (χ0) is 16.9. The van der Waals surface area contributed by atoms with Crippen LogP contribution in [0.5, 0.6) is 0 Å². The topological polar surface area (TPSA) is 73.9 Å². The molecular formula is C17H22ClN5O. The third kappa shape index (κ3) is 3.94. The Bertz CT molecular complexity index is 667. The lowest BCUT2D eigenvalue weighted by Gasteiger charge is -2.34. The van der Waals surface area contributed by atoms with Gasteiger partial charge in [0, 0.05) is 17.5 Å². The van der Waals surface area contributed by atoms with Crippen LogP contribution >= 0.6 is 11.6 Å².